The standard InChI is InChI=1S/C10H10Br2O3/c1-5(11)10(13)6-2-8-9(3-7(6)12)15-4-14-8/h2-3,5,10,13H,4H2,1H3/t5-,10-/m0/s1. The smallest absolute Gasteiger partial charge is 0.231 e. The minimum Gasteiger partial charge on any atom is -0.454 e. The van der Waals surface area contributed by atoms with Gasteiger partial charge in [0.15, 0.2) is 11.5 Å². The Kier molecular flexibility index (Phi) is 3.23. The molecule has 0 fully saturated rings. The maximum Gasteiger partial charge on any atom is 0.231 e. The summed E-state index contributed by atoms with van der Waals surface area (Å²) in [6.45, 7) is 2.13. The quantitative estimate of drug-likeness (QED) is 0.843. The summed E-state index contributed by atoms with van der Waals surface area (Å²) in [7, 11) is 0. The van der Waals surface area contributed by atoms with Gasteiger partial charge in [0.05, 0.1) is 6.10 Å². The van der Waals surface area contributed by atoms with Gasteiger partial charge in [0.2, 0.25) is 6.79 Å². The van der Waals surface area contributed by atoms with Gasteiger partial charge in [0.25, 0.3) is 0 Å². The molecule has 1 aliphatic heterocycles. The van der Waals surface area contributed by atoms with Crippen LogP contribution < -0.4 is 9.47 Å². The number of aliphatic hydroxyl groups is 1. The zero-order valence-corrected chi connectivity index (χ0v) is 11.2. The topological polar surface area (TPSA) is 38.7 Å². The van der Waals surface area contributed by atoms with Crippen LogP contribution in [0.4, 0.5) is 0 Å². The lowest BCUT2D eigenvalue weighted by Crippen LogP contribution is -2.08. The molecule has 1 heterocycles. The molecule has 0 amide bonds. The molecular weight excluding hydrogens is 328 g/mol. The first-order valence-electron chi connectivity index (χ1n) is 4.51. The molecular formula is C10H10Br2O3. The largest absolute Gasteiger partial charge is 0.454 e. The zero-order chi connectivity index (χ0) is 11.0. The van der Waals surface area contributed by atoms with Crippen molar-refractivity contribution in [3.05, 3.63) is 22.2 Å². The van der Waals surface area contributed by atoms with E-state index in [0.717, 1.165) is 10.0 Å². The van der Waals surface area contributed by atoms with Crippen molar-refractivity contribution in [2.75, 3.05) is 6.79 Å². The first-order chi connectivity index (χ1) is 7.09. The van der Waals surface area contributed by atoms with Gasteiger partial charge in [-0.3, -0.25) is 0 Å². The summed E-state index contributed by atoms with van der Waals surface area (Å²) in [6, 6.07) is 3.62. The SMILES string of the molecule is C[C@H](Br)[C@H](O)c1cc2c(cc1Br)OCO2. The second kappa shape index (κ2) is 4.31. The number of halogens is 2. The van der Waals surface area contributed by atoms with E-state index in [4.69, 9.17) is 9.47 Å². The van der Waals surface area contributed by atoms with E-state index in [1.165, 1.54) is 0 Å². The maximum atomic E-state index is 9.94. The van der Waals surface area contributed by atoms with Crippen LogP contribution in [-0.2, 0) is 0 Å². The first kappa shape index (κ1) is 11.2. The van der Waals surface area contributed by atoms with Crippen molar-refractivity contribution in [2.45, 2.75) is 17.9 Å². The molecule has 1 aliphatic rings. The van der Waals surface area contributed by atoms with Crippen LogP contribution in [0.5, 0.6) is 11.5 Å². The van der Waals surface area contributed by atoms with Gasteiger partial charge in [0, 0.05) is 9.30 Å². The van der Waals surface area contributed by atoms with Crippen molar-refractivity contribution in [1.82, 2.24) is 0 Å². The van der Waals surface area contributed by atoms with Gasteiger partial charge in [-0.2, -0.15) is 0 Å². The number of ether oxygens (including phenoxy) is 2. The second-order valence-electron chi connectivity index (χ2n) is 3.35. The van der Waals surface area contributed by atoms with Crippen molar-refractivity contribution < 1.29 is 14.6 Å². The second-order valence-corrected chi connectivity index (χ2v) is 5.65. The molecule has 0 spiro atoms. The van der Waals surface area contributed by atoms with Crippen LogP contribution in [0, 0.1) is 0 Å². The predicted molar refractivity (Wildman–Crippen MR) is 63.6 cm³/mol. The van der Waals surface area contributed by atoms with Crippen LogP contribution in [0.2, 0.25) is 0 Å². The predicted octanol–water partition coefficient (Wildman–Crippen LogP) is 2.99. The molecule has 0 saturated heterocycles. The molecule has 1 N–H and O–H groups in total. The molecule has 5 heteroatoms. The van der Waals surface area contributed by atoms with Crippen molar-refractivity contribution in [1.29, 1.82) is 0 Å². The van der Waals surface area contributed by atoms with E-state index < -0.39 is 6.10 Å². The fraction of sp³-hybridized carbons (Fsp3) is 0.400. The molecule has 0 radical (unpaired) electrons. The first-order valence-corrected chi connectivity index (χ1v) is 6.21. The molecule has 1 aromatic rings. The third-order valence-corrected chi connectivity index (χ3v) is 3.43. The number of rotatable bonds is 2. The lowest BCUT2D eigenvalue weighted by atomic mass is 10.1. The van der Waals surface area contributed by atoms with Gasteiger partial charge in [-0.05, 0) is 24.6 Å². The fourth-order valence-electron chi connectivity index (χ4n) is 1.41. The number of hydrogen-bond donors (Lipinski definition) is 1. The van der Waals surface area contributed by atoms with Crippen LogP contribution in [0.3, 0.4) is 0 Å². The Hall–Kier alpha value is -0.260. The van der Waals surface area contributed by atoms with Crippen LogP contribution in [-0.4, -0.2) is 16.7 Å². The van der Waals surface area contributed by atoms with Crippen molar-refractivity contribution in [3.8, 4) is 11.5 Å². The highest BCUT2D eigenvalue weighted by Crippen LogP contribution is 2.40. The third kappa shape index (κ3) is 2.14. The van der Waals surface area contributed by atoms with Crippen LogP contribution in [0.15, 0.2) is 16.6 Å². The Morgan fingerprint density at radius 3 is 2.53 bits per heavy atom. The molecule has 2 atom stereocenters. The summed E-state index contributed by atoms with van der Waals surface area (Å²) in [5, 5.41) is 9.94. The van der Waals surface area contributed by atoms with Gasteiger partial charge in [0.1, 0.15) is 0 Å². The van der Waals surface area contributed by atoms with Crippen LogP contribution in [0.1, 0.15) is 18.6 Å². The molecule has 1 aromatic carbocycles. The molecule has 15 heavy (non-hydrogen) atoms. The highest BCUT2D eigenvalue weighted by Gasteiger charge is 2.22. The highest BCUT2D eigenvalue weighted by molar-refractivity contribution is 9.10. The molecule has 82 valence electrons. The van der Waals surface area contributed by atoms with Crippen LogP contribution >= 0.6 is 31.9 Å². The summed E-state index contributed by atoms with van der Waals surface area (Å²) in [5.74, 6) is 1.39. The molecule has 0 unspecified atom stereocenters. The molecule has 0 saturated carbocycles. The Labute approximate surface area is 105 Å². The fourth-order valence-corrected chi connectivity index (χ4v) is 2.25. The summed E-state index contributed by atoms with van der Waals surface area (Å²) in [5.41, 5.74) is 0.795. The minimum absolute atomic E-state index is 0.0193. The molecule has 2 rings (SSSR count). The van der Waals surface area contributed by atoms with E-state index in [1.807, 2.05) is 13.0 Å². The average Bonchev–Trinajstić information content (AvgIpc) is 2.62. The third-order valence-electron chi connectivity index (χ3n) is 2.25. The molecule has 0 bridgehead atoms. The molecule has 0 aromatic heterocycles. The average molecular weight is 338 g/mol. The Bertz CT molecular complexity index is 379. The lowest BCUT2D eigenvalue weighted by Gasteiger charge is -2.15. The Morgan fingerprint density at radius 2 is 1.93 bits per heavy atom. The zero-order valence-electron chi connectivity index (χ0n) is 8.04. The van der Waals surface area contributed by atoms with Gasteiger partial charge in [-0.15, -0.1) is 0 Å². The Balaban J connectivity index is 2.40. The summed E-state index contributed by atoms with van der Waals surface area (Å²) in [6.07, 6.45) is -0.575. The number of benzene rings is 1. The minimum atomic E-state index is -0.575. The van der Waals surface area contributed by atoms with Gasteiger partial charge in [-0.25, -0.2) is 0 Å². The molecule has 3 nitrogen and oxygen atoms in total. The van der Waals surface area contributed by atoms with Gasteiger partial charge >= 0.3 is 0 Å². The monoisotopic (exact) mass is 336 g/mol. The molecule has 0 aliphatic carbocycles. The van der Waals surface area contributed by atoms with Crippen molar-refractivity contribution in [3.63, 3.8) is 0 Å². The number of hydrogen-bond acceptors (Lipinski definition) is 3. The maximum absolute atomic E-state index is 9.94. The number of alkyl halides is 1. The van der Waals surface area contributed by atoms with E-state index >= 15 is 0 Å². The van der Waals surface area contributed by atoms with Crippen molar-refractivity contribution in [2.24, 2.45) is 0 Å². The van der Waals surface area contributed by atoms with Gasteiger partial charge in [-0.1, -0.05) is 31.9 Å². The number of fused-ring (bicyclic) bond motifs is 1. The summed E-state index contributed by atoms with van der Waals surface area (Å²) in [4.78, 5) is -0.0193. The van der Waals surface area contributed by atoms with Crippen molar-refractivity contribution >= 4 is 31.9 Å². The highest BCUT2D eigenvalue weighted by atomic mass is 79.9. The van der Waals surface area contributed by atoms with Gasteiger partial charge < -0.3 is 14.6 Å². The van der Waals surface area contributed by atoms with E-state index in [-0.39, 0.29) is 11.6 Å². The van der Waals surface area contributed by atoms with E-state index in [9.17, 15) is 5.11 Å². The van der Waals surface area contributed by atoms with E-state index in [2.05, 4.69) is 31.9 Å². The number of aliphatic hydroxyl groups excluding tert-OH is 1. The lowest BCUT2D eigenvalue weighted by molar-refractivity contribution is 0.172. The summed E-state index contributed by atoms with van der Waals surface area (Å²) < 4.78 is 11.3. The summed E-state index contributed by atoms with van der Waals surface area (Å²) >= 11 is 6.75. The van der Waals surface area contributed by atoms with E-state index in [0.29, 0.717) is 11.5 Å². The Morgan fingerprint density at radius 1 is 1.33 bits per heavy atom. The van der Waals surface area contributed by atoms with E-state index in [1.54, 1.807) is 6.07 Å². The normalized spacial score (nSPS) is 17.6. The van der Waals surface area contributed by atoms with Crippen LogP contribution in [0.25, 0.3) is 0 Å².